The summed E-state index contributed by atoms with van der Waals surface area (Å²) < 4.78 is 28.6. The topological polar surface area (TPSA) is 43.1 Å². The fourth-order valence-electron chi connectivity index (χ4n) is 2.31. The highest BCUT2D eigenvalue weighted by molar-refractivity contribution is 6.29. The maximum atomic E-state index is 13.9. The summed E-state index contributed by atoms with van der Waals surface area (Å²) in [5, 5.41) is 4.96. The number of halogens is 3. The van der Waals surface area contributed by atoms with E-state index < -0.39 is 11.6 Å². The second-order valence-corrected chi connectivity index (χ2v) is 5.03. The van der Waals surface area contributed by atoms with E-state index in [1.54, 1.807) is 6.07 Å². The van der Waals surface area contributed by atoms with Crippen LogP contribution in [0.5, 0.6) is 0 Å². The number of benzene rings is 2. The Morgan fingerprint density at radius 3 is 2.68 bits per heavy atom. The van der Waals surface area contributed by atoms with E-state index in [9.17, 15) is 8.78 Å². The zero-order chi connectivity index (χ0) is 15.3. The van der Waals surface area contributed by atoms with Crippen molar-refractivity contribution < 1.29 is 8.78 Å². The highest BCUT2D eigenvalue weighted by Gasteiger charge is 2.16. The van der Waals surface area contributed by atoms with Gasteiger partial charge in [0.2, 0.25) is 5.28 Å². The van der Waals surface area contributed by atoms with E-state index in [1.807, 2.05) is 18.2 Å². The maximum absolute atomic E-state index is 13.9. The van der Waals surface area contributed by atoms with Crippen LogP contribution in [0.25, 0.3) is 27.9 Å². The number of fused-ring (bicyclic) bond motifs is 3. The fraction of sp³-hybridized carbons (Fsp3) is 0. The minimum Gasteiger partial charge on any atom is -0.218 e. The summed E-state index contributed by atoms with van der Waals surface area (Å²) in [6.07, 6.45) is 0. The Kier molecular flexibility index (Phi) is 2.80. The average Bonchev–Trinajstić information content (AvgIpc) is 2.96. The quantitative estimate of drug-likeness (QED) is 0.501. The first-order valence-electron chi connectivity index (χ1n) is 6.40. The van der Waals surface area contributed by atoms with Gasteiger partial charge in [0.15, 0.2) is 11.5 Å². The number of hydrogen-bond acceptors (Lipinski definition) is 3. The second kappa shape index (κ2) is 4.71. The zero-order valence-electron chi connectivity index (χ0n) is 11.0. The molecular weight excluding hydrogens is 310 g/mol. The van der Waals surface area contributed by atoms with Crippen molar-refractivity contribution in [2.24, 2.45) is 0 Å². The van der Waals surface area contributed by atoms with Crippen molar-refractivity contribution in [2.75, 3.05) is 0 Å². The molecule has 7 heteroatoms. The van der Waals surface area contributed by atoms with Crippen LogP contribution in [0.1, 0.15) is 0 Å². The molecule has 4 rings (SSSR count). The van der Waals surface area contributed by atoms with E-state index in [0.717, 1.165) is 23.6 Å². The second-order valence-electron chi connectivity index (χ2n) is 4.69. The van der Waals surface area contributed by atoms with Crippen LogP contribution in [0.3, 0.4) is 0 Å². The van der Waals surface area contributed by atoms with Crippen molar-refractivity contribution in [3.8, 4) is 11.4 Å². The Balaban J connectivity index is 2.07. The lowest BCUT2D eigenvalue weighted by atomic mass is 10.2. The van der Waals surface area contributed by atoms with Gasteiger partial charge in [0.05, 0.1) is 11.1 Å². The molecule has 22 heavy (non-hydrogen) atoms. The van der Waals surface area contributed by atoms with Crippen molar-refractivity contribution in [1.29, 1.82) is 0 Å². The third-order valence-corrected chi connectivity index (χ3v) is 3.55. The van der Waals surface area contributed by atoms with Gasteiger partial charge in [-0.25, -0.2) is 18.7 Å². The van der Waals surface area contributed by atoms with Crippen LogP contribution in [0.2, 0.25) is 5.28 Å². The molecule has 0 aliphatic heterocycles. The molecule has 0 fully saturated rings. The van der Waals surface area contributed by atoms with Crippen LogP contribution in [0.15, 0.2) is 42.5 Å². The number of para-hydroxylation sites is 1. The van der Waals surface area contributed by atoms with Gasteiger partial charge < -0.3 is 0 Å². The third kappa shape index (κ3) is 1.92. The van der Waals surface area contributed by atoms with Crippen LogP contribution in [-0.4, -0.2) is 19.6 Å². The first kappa shape index (κ1) is 13.1. The van der Waals surface area contributed by atoms with Crippen molar-refractivity contribution in [3.63, 3.8) is 0 Å². The molecule has 4 nitrogen and oxygen atoms in total. The lowest BCUT2D eigenvalue weighted by Gasteiger charge is -1.99. The Labute approximate surface area is 128 Å². The largest absolute Gasteiger partial charge is 0.226 e. The first-order chi connectivity index (χ1) is 10.6. The molecule has 0 amide bonds. The molecule has 108 valence electrons. The molecule has 0 spiro atoms. The summed E-state index contributed by atoms with van der Waals surface area (Å²) in [6.45, 7) is 0. The highest BCUT2D eigenvalue weighted by atomic mass is 35.5. The molecule has 0 unspecified atom stereocenters. The molecule has 2 aromatic carbocycles. The Bertz CT molecular complexity index is 1030. The van der Waals surface area contributed by atoms with Gasteiger partial charge in [-0.05, 0) is 41.9 Å². The maximum Gasteiger partial charge on any atom is 0.226 e. The van der Waals surface area contributed by atoms with E-state index in [4.69, 9.17) is 11.6 Å². The van der Waals surface area contributed by atoms with Crippen molar-refractivity contribution in [2.45, 2.75) is 0 Å². The minimum atomic E-state index is -0.606. The van der Waals surface area contributed by atoms with Gasteiger partial charge in [-0.3, -0.25) is 0 Å². The molecule has 0 radical (unpaired) electrons. The van der Waals surface area contributed by atoms with Crippen LogP contribution in [0, 0.1) is 11.6 Å². The summed E-state index contributed by atoms with van der Waals surface area (Å²) in [5.41, 5.74) is 1.07. The third-order valence-electron chi connectivity index (χ3n) is 3.31. The van der Waals surface area contributed by atoms with Crippen LogP contribution < -0.4 is 0 Å². The van der Waals surface area contributed by atoms with Crippen LogP contribution in [0.4, 0.5) is 8.78 Å². The van der Waals surface area contributed by atoms with Crippen molar-refractivity contribution >= 4 is 28.2 Å². The van der Waals surface area contributed by atoms with E-state index in [0.29, 0.717) is 11.2 Å². The summed E-state index contributed by atoms with van der Waals surface area (Å²) in [4.78, 5) is 8.50. The molecule has 0 bridgehead atoms. The fourth-order valence-corrected chi connectivity index (χ4v) is 2.51. The monoisotopic (exact) mass is 316 g/mol. The predicted octanol–water partition coefficient (Wildman–Crippen LogP) is 3.88. The standard InChI is InChI=1S/C15H7ClF2N4/c16-15-19-12-4-2-1-3-9(12)14-20-13(21-22(14)15)10-7-8(17)5-6-11(10)18/h1-7H. The molecule has 0 saturated heterocycles. The predicted molar refractivity (Wildman–Crippen MR) is 78.7 cm³/mol. The summed E-state index contributed by atoms with van der Waals surface area (Å²) in [6, 6.07) is 10.4. The summed E-state index contributed by atoms with van der Waals surface area (Å²) >= 11 is 6.09. The normalized spacial score (nSPS) is 11.4. The van der Waals surface area contributed by atoms with Gasteiger partial charge in [-0.2, -0.15) is 4.52 Å². The van der Waals surface area contributed by atoms with E-state index >= 15 is 0 Å². The molecule has 0 N–H and O–H groups in total. The van der Waals surface area contributed by atoms with Crippen molar-refractivity contribution in [3.05, 3.63) is 59.4 Å². The van der Waals surface area contributed by atoms with E-state index in [-0.39, 0.29) is 16.7 Å². The van der Waals surface area contributed by atoms with Gasteiger partial charge in [-0.1, -0.05) is 12.1 Å². The number of rotatable bonds is 1. The van der Waals surface area contributed by atoms with Gasteiger partial charge >= 0.3 is 0 Å². The zero-order valence-corrected chi connectivity index (χ0v) is 11.7. The van der Waals surface area contributed by atoms with E-state index in [2.05, 4.69) is 15.1 Å². The molecule has 2 aromatic heterocycles. The van der Waals surface area contributed by atoms with Gasteiger partial charge in [0.25, 0.3) is 0 Å². The lowest BCUT2D eigenvalue weighted by Crippen LogP contribution is -1.94. The molecule has 0 saturated carbocycles. The Hall–Kier alpha value is -2.60. The average molecular weight is 317 g/mol. The summed E-state index contributed by atoms with van der Waals surface area (Å²) in [7, 11) is 0. The molecule has 0 atom stereocenters. The smallest absolute Gasteiger partial charge is 0.218 e. The molecule has 2 heterocycles. The Morgan fingerprint density at radius 1 is 1.00 bits per heavy atom. The van der Waals surface area contributed by atoms with Gasteiger partial charge in [0.1, 0.15) is 11.6 Å². The first-order valence-corrected chi connectivity index (χ1v) is 6.78. The SMILES string of the molecule is Fc1ccc(F)c(-c2nc3c4ccccc4nc(Cl)n3n2)c1. The number of aromatic nitrogens is 4. The number of hydrogen-bond donors (Lipinski definition) is 0. The van der Waals surface area contributed by atoms with E-state index in [1.165, 1.54) is 4.52 Å². The molecule has 4 aromatic rings. The van der Waals surface area contributed by atoms with Gasteiger partial charge in [-0.15, -0.1) is 5.10 Å². The van der Waals surface area contributed by atoms with Gasteiger partial charge in [0, 0.05) is 5.39 Å². The summed E-state index contributed by atoms with van der Waals surface area (Å²) in [5.74, 6) is -1.12. The van der Waals surface area contributed by atoms with Crippen LogP contribution >= 0.6 is 11.6 Å². The minimum absolute atomic E-state index is 0.0242. The Morgan fingerprint density at radius 2 is 1.82 bits per heavy atom. The molecular formula is C15H7ClF2N4. The lowest BCUT2D eigenvalue weighted by molar-refractivity contribution is 0.602. The molecule has 0 aliphatic rings. The molecule has 0 aliphatic carbocycles. The van der Waals surface area contributed by atoms with Crippen molar-refractivity contribution in [1.82, 2.24) is 19.6 Å². The number of nitrogens with zero attached hydrogens (tertiary/aromatic N) is 4. The van der Waals surface area contributed by atoms with Crippen LogP contribution in [-0.2, 0) is 0 Å². The highest BCUT2D eigenvalue weighted by Crippen LogP contribution is 2.25.